The Morgan fingerprint density at radius 3 is 2.52 bits per heavy atom. The molecule has 1 aliphatic heterocycles. The molecular formula is C17H28N2O2. The largest absolute Gasteiger partial charge is 0.493 e. The molecule has 0 aromatic heterocycles. The van der Waals surface area contributed by atoms with Crippen molar-refractivity contribution in [3.8, 4) is 11.5 Å². The first-order valence-electron chi connectivity index (χ1n) is 7.82. The van der Waals surface area contributed by atoms with Gasteiger partial charge in [0, 0.05) is 36.9 Å². The van der Waals surface area contributed by atoms with E-state index >= 15 is 0 Å². The van der Waals surface area contributed by atoms with Crippen LogP contribution in [0, 0.1) is 5.92 Å². The van der Waals surface area contributed by atoms with Gasteiger partial charge in [-0.2, -0.15) is 0 Å². The highest BCUT2D eigenvalue weighted by atomic mass is 16.5. The molecule has 0 saturated carbocycles. The van der Waals surface area contributed by atoms with Crippen LogP contribution in [-0.4, -0.2) is 39.4 Å². The maximum absolute atomic E-state index is 5.45. The first kappa shape index (κ1) is 16.0. The second-order valence-corrected chi connectivity index (χ2v) is 6.02. The number of methoxy groups -OCH3 is 2. The molecule has 1 heterocycles. The summed E-state index contributed by atoms with van der Waals surface area (Å²) < 4.78 is 10.8. The van der Waals surface area contributed by atoms with Crippen molar-refractivity contribution in [3.63, 3.8) is 0 Å². The van der Waals surface area contributed by atoms with Gasteiger partial charge in [0.05, 0.1) is 14.2 Å². The van der Waals surface area contributed by atoms with Crippen molar-refractivity contribution >= 4 is 5.69 Å². The molecule has 4 nitrogen and oxygen atoms in total. The number of anilines is 1. The molecule has 2 unspecified atom stereocenters. The predicted molar refractivity (Wildman–Crippen MR) is 87.6 cm³/mol. The van der Waals surface area contributed by atoms with Gasteiger partial charge in [-0.05, 0) is 24.5 Å². The fourth-order valence-corrected chi connectivity index (χ4v) is 3.00. The molecule has 2 rings (SSSR count). The van der Waals surface area contributed by atoms with Gasteiger partial charge in [0.25, 0.3) is 0 Å². The Hall–Kier alpha value is -1.42. The number of nitrogens with zero attached hydrogens (tertiary/aromatic N) is 1. The molecule has 1 aromatic carbocycles. The molecule has 1 N–H and O–H groups in total. The minimum absolute atomic E-state index is 0.505. The van der Waals surface area contributed by atoms with E-state index in [2.05, 4.69) is 43.1 Å². The Kier molecular flexibility index (Phi) is 5.34. The van der Waals surface area contributed by atoms with Crippen LogP contribution in [-0.2, 0) is 0 Å². The van der Waals surface area contributed by atoms with E-state index in [-0.39, 0.29) is 0 Å². The lowest BCUT2D eigenvalue weighted by Gasteiger charge is -2.44. The number of hydrogen-bond donors (Lipinski definition) is 1. The molecule has 0 spiro atoms. The summed E-state index contributed by atoms with van der Waals surface area (Å²) in [6.45, 7) is 8.87. The van der Waals surface area contributed by atoms with Crippen LogP contribution in [0.4, 0.5) is 5.69 Å². The van der Waals surface area contributed by atoms with Gasteiger partial charge in [-0.15, -0.1) is 0 Å². The number of rotatable bonds is 5. The van der Waals surface area contributed by atoms with Crippen molar-refractivity contribution in [2.75, 3.05) is 32.2 Å². The summed E-state index contributed by atoms with van der Waals surface area (Å²) in [6, 6.07) is 7.27. The van der Waals surface area contributed by atoms with Crippen molar-refractivity contribution in [2.45, 2.75) is 39.3 Å². The van der Waals surface area contributed by atoms with E-state index in [9.17, 15) is 0 Å². The van der Waals surface area contributed by atoms with E-state index in [4.69, 9.17) is 9.47 Å². The molecule has 1 saturated heterocycles. The molecule has 4 heteroatoms. The quantitative estimate of drug-likeness (QED) is 0.905. The molecule has 118 valence electrons. The van der Waals surface area contributed by atoms with Crippen molar-refractivity contribution in [3.05, 3.63) is 18.2 Å². The molecule has 1 fully saturated rings. The van der Waals surface area contributed by atoms with Crippen LogP contribution >= 0.6 is 0 Å². The summed E-state index contributed by atoms with van der Waals surface area (Å²) in [7, 11) is 3.36. The van der Waals surface area contributed by atoms with Gasteiger partial charge in [0.1, 0.15) is 0 Å². The Bertz CT molecular complexity index is 462. The second kappa shape index (κ2) is 7.03. The normalized spacial score (nSPS) is 22.5. The third kappa shape index (κ3) is 3.43. The van der Waals surface area contributed by atoms with Gasteiger partial charge < -0.3 is 19.7 Å². The fraction of sp³-hybridized carbons (Fsp3) is 0.647. The van der Waals surface area contributed by atoms with Crippen LogP contribution in [0.25, 0.3) is 0 Å². The average molecular weight is 292 g/mol. The molecule has 21 heavy (non-hydrogen) atoms. The molecule has 2 atom stereocenters. The fourth-order valence-electron chi connectivity index (χ4n) is 3.00. The first-order chi connectivity index (χ1) is 10.1. The zero-order valence-corrected chi connectivity index (χ0v) is 13.8. The Labute approximate surface area is 128 Å². The molecule has 1 aliphatic rings. The molecule has 0 bridgehead atoms. The zero-order valence-electron chi connectivity index (χ0n) is 13.8. The highest BCUT2D eigenvalue weighted by Crippen LogP contribution is 2.33. The lowest BCUT2D eigenvalue weighted by atomic mass is 9.97. The number of benzene rings is 1. The molecule has 0 radical (unpaired) electrons. The van der Waals surface area contributed by atoms with Gasteiger partial charge in [0.15, 0.2) is 11.5 Å². The number of hydrogen-bond acceptors (Lipinski definition) is 4. The lowest BCUT2D eigenvalue weighted by Crippen LogP contribution is -2.58. The van der Waals surface area contributed by atoms with E-state index in [1.807, 2.05) is 6.07 Å². The summed E-state index contributed by atoms with van der Waals surface area (Å²) in [4.78, 5) is 2.51. The Morgan fingerprint density at radius 2 is 1.95 bits per heavy atom. The maximum Gasteiger partial charge on any atom is 0.162 e. The summed E-state index contributed by atoms with van der Waals surface area (Å²) in [6.07, 6.45) is 1.15. The van der Waals surface area contributed by atoms with Crippen LogP contribution < -0.4 is 19.7 Å². The van der Waals surface area contributed by atoms with Gasteiger partial charge in [-0.1, -0.05) is 20.8 Å². The van der Waals surface area contributed by atoms with Crippen LogP contribution in [0.2, 0.25) is 0 Å². The van der Waals surface area contributed by atoms with Crippen molar-refractivity contribution in [1.29, 1.82) is 0 Å². The highest BCUT2D eigenvalue weighted by molar-refractivity contribution is 5.57. The van der Waals surface area contributed by atoms with Gasteiger partial charge in [0.2, 0.25) is 0 Å². The summed E-state index contributed by atoms with van der Waals surface area (Å²) in [5, 5.41) is 3.65. The number of piperazine rings is 1. The first-order valence-corrected chi connectivity index (χ1v) is 7.82. The van der Waals surface area contributed by atoms with E-state index < -0.39 is 0 Å². The monoisotopic (exact) mass is 292 g/mol. The smallest absolute Gasteiger partial charge is 0.162 e. The molecule has 0 aliphatic carbocycles. The van der Waals surface area contributed by atoms with Crippen molar-refractivity contribution in [2.24, 2.45) is 5.92 Å². The lowest BCUT2D eigenvalue weighted by molar-refractivity contribution is 0.331. The minimum Gasteiger partial charge on any atom is -0.493 e. The maximum atomic E-state index is 5.45. The predicted octanol–water partition coefficient (Wildman–Crippen LogP) is 2.92. The zero-order chi connectivity index (χ0) is 15.4. The van der Waals surface area contributed by atoms with E-state index in [1.54, 1.807) is 14.2 Å². The number of nitrogens with one attached hydrogen (secondary N) is 1. The number of ether oxygens (including phenoxy) is 2. The topological polar surface area (TPSA) is 33.7 Å². The van der Waals surface area contributed by atoms with E-state index in [0.29, 0.717) is 18.0 Å². The minimum atomic E-state index is 0.505. The second-order valence-electron chi connectivity index (χ2n) is 6.02. The third-order valence-corrected chi connectivity index (χ3v) is 4.39. The van der Waals surface area contributed by atoms with Crippen LogP contribution in [0.5, 0.6) is 11.5 Å². The molecular weight excluding hydrogens is 264 g/mol. The highest BCUT2D eigenvalue weighted by Gasteiger charge is 2.29. The van der Waals surface area contributed by atoms with Gasteiger partial charge in [-0.25, -0.2) is 0 Å². The van der Waals surface area contributed by atoms with E-state index in [1.165, 1.54) is 5.69 Å². The van der Waals surface area contributed by atoms with E-state index in [0.717, 1.165) is 31.0 Å². The third-order valence-electron chi connectivity index (χ3n) is 4.39. The molecule has 1 aromatic rings. The van der Waals surface area contributed by atoms with Crippen LogP contribution in [0.3, 0.4) is 0 Å². The Balaban J connectivity index is 2.30. The van der Waals surface area contributed by atoms with Crippen molar-refractivity contribution in [1.82, 2.24) is 5.32 Å². The summed E-state index contributed by atoms with van der Waals surface area (Å²) in [5.41, 5.74) is 1.21. The van der Waals surface area contributed by atoms with Crippen LogP contribution in [0.15, 0.2) is 18.2 Å². The average Bonchev–Trinajstić information content (AvgIpc) is 2.53. The molecule has 0 amide bonds. The SMILES string of the molecule is CCC1CN(c2ccc(OC)c(OC)c2)C(C(C)C)CN1. The van der Waals surface area contributed by atoms with Crippen molar-refractivity contribution < 1.29 is 9.47 Å². The van der Waals surface area contributed by atoms with Gasteiger partial charge in [-0.3, -0.25) is 0 Å². The summed E-state index contributed by atoms with van der Waals surface area (Å²) >= 11 is 0. The summed E-state index contributed by atoms with van der Waals surface area (Å²) in [5.74, 6) is 2.18. The van der Waals surface area contributed by atoms with Crippen LogP contribution in [0.1, 0.15) is 27.2 Å². The van der Waals surface area contributed by atoms with Gasteiger partial charge >= 0.3 is 0 Å². The standard InChI is InChI=1S/C17H28N2O2/c1-6-13-11-19(15(10-18-13)12(2)3)14-7-8-16(20-4)17(9-14)21-5/h7-9,12-13,15,18H,6,10-11H2,1-5H3. The Morgan fingerprint density at radius 1 is 1.24 bits per heavy atom.